The molecule has 1 fully saturated rings. The van der Waals surface area contributed by atoms with Crippen LogP contribution in [0.4, 0.5) is 0 Å². The first-order chi connectivity index (χ1) is 9.56. The summed E-state index contributed by atoms with van der Waals surface area (Å²) in [5, 5.41) is 8.79. The average Bonchev–Trinajstić information content (AvgIpc) is 2.44. The van der Waals surface area contributed by atoms with Gasteiger partial charge < -0.3 is 14.7 Å². The Hall–Kier alpha value is -1.10. The summed E-state index contributed by atoms with van der Waals surface area (Å²) < 4.78 is 5.56. The molecule has 0 aliphatic carbocycles. The van der Waals surface area contributed by atoms with Gasteiger partial charge in [-0.2, -0.15) is 0 Å². The van der Waals surface area contributed by atoms with Gasteiger partial charge in [-0.1, -0.05) is 13.3 Å². The summed E-state index contributed by atoms with van der Waals surface area (Å²) in [4.78, 5) is 24.9. The molecule has 1 saturated heterocycles. The molecule has 0 radical (unpaired) electrons. The van der Waals surface area contributed by atoms with Crippen molar-refractivity contribution in [1.82, 2.24) is 4.90 Å². The fourth-order valence-corrected chi connectivity index (χ4v) is 2.59. The van der Waals surface area contributed by atoms with E-state index >= 15 is 0 Å². The molecule has 0 unspecified atom stereocenters. The van der Waals surface area contributed by atoms with Crippen molar-refractivity contribution < 1.29 is 19.4 Å². The number of hydrogen-bond acceptors (Lipinski definition) is 3. The van der Waals surface area contributed by atoms with Gasteiger partial charge in [0.2, 0.25) is 0 Å². The number of piperidine rings is 1. The zero-order valence-electron chi connectivity index (χ0n) is 12.6. The maximum absolute atomic E-state index is 12.4. The number of unbranched alkanes of at least 4 members (excludes halogenated alkanes) is 1. The van der Waals surface area contributed by atoms with Gasteiger partial charge >= 0.3 is 5.97 Å². The van der Waals surface area contributed by atoms with E-state index in [9.17, 15) is 9.59 Å². The lowest BCUT2D eigenvalue weighted by Gasteiger charge is -2.37. The second-order valence-corrected chi connectivity index (χ2v) is 5.48. The van der Waals surface area contributed by atoms with Crippen LogP contribution in [0, 0.1) is 0 Å². The van der Waals surface area contributed by atoms with Crippen LogP contribution in [0.3, 0.4) is 0 Å². The third-order valence-electron chi connectivity index (χ3n) is 3.82. The Morgan fingerprint density at radius 1 is 1.40 bits per heavy atom. The van der Waals surface area contributed by atoms with E-state index in [1.165, 1.54) is 0 Å². The predicted octanol–water partition coefficient (Wildman–Crippen LogP) is 2.44. The Morgan fingerprint density at radius 2 is 2.15 bits per heavy atom. The lowest BCUT2D eigenvalue weighted by molar-refractivity contribution is -0.148. The van der Waals surface area contributed by atoms with Crippen molar-refractivity contribution in [2.24, 2.45) is 0 Å². The van der Waals surface area contributed by atoms with Gasteiger partial charge in [0.05, 0.1) is 0 Å². The second-order valence-electron chi connectivity index (χ2n) is 5.48. The highest BCUT2D eigenvalue weighted by atomic mass is 16.5. The van der Waals surface area contributed by atoms with Gasteiger partial charge in [-0.3, -0.25) is 9.59 Å². The van der Waals surface area contributed by atoms with Crippen LogP contribution in [-0.2, 0) is 14.3 Å². The molecule has 0 saturated carbocycles. The minimum absolute atomic E-state index is 0.0104. The second kappa shape index (κ2) is 8.95. The molecule has 1 rings (SSSR count). The molecule has 5 nitrogen and oxygen atoms in total. The Labute approximate surface area is 121 Å². The molecule has 1 amide bonds. The van der Waals surface area contributed by atoms with Crippen molar-refractivity contribution in [3.63, 3.8) is 0 Å². The van der Waals surface area contributed by atoms with Crippen molar-refractivity contribution >= 4 is 11.9 Å². The average molecular weight is 285 g/mol. The number of carboxylic acid groups (broad SMARTS) is 1. The number of carbonyl (C=O) groups excluding carboxylic acids is 1. The van der Waals surface area contributed by atoms with E-state index in [1.807, 2.05) is 4.90 Å². The fraction of sp³-hybridized carbons (Fsp3) is 0.867. The van der Waals surface area contributed by atoms with Crippen LogP contribution in [0.1, 0.15) is 58.8 Å². The monoisotopic (exact) mass is 285 g/mol. The van der Waals surface area contributed by atoms with Gasteiger partial charge in [0, 0.05) is 25.6 Å². The number of carboxylic acids is 1. The van der Waals surface area contributed by atoms with E-state index in [4.69, 9.17) is 9.84 Å². The Bertz CT molecular complexity index is 319. The number of carbonyl (C=O) groups is 2. The standard InChI is InChI=1S/C15H27NO4/c1-3-4-11-20-12(2)15(19)16-10-6-5-7-13(16)8-9-14(17)18/h12-13H,3-11H2,1-2H3,(H,17,18)/t12-,13-/m0/s1. The largest absolute Gasteiger partial charge is 0.481 e. The van der Waals surface area contributed by atoms with E-state index < -0.39 is 12.1 Å². The van der Waals surface area contributed by atoms with Crippen LogP contribution in [0.2, 0.25) is 0 Å². The van der Waals surface area contributed by atoms with Gasteiger partial charge in [0.15, 0.2) is 0 Å². The summed E-state index contributed by atoms with van der Waals surface area (Å²) in [5.41, 5.74) is 0. The van der Waals surface area contributed by atoms with Gasteiger partial charge in [0.25, 0.3) is 5.91 Å². The maximum atomic E-state index is 12.4. The normalized spacial score (nSPS) is 20.7. The molecule has 116 valence electrons. The third-order valence-corrected chi connectivity index (χ3v) is 3.82. The number of likely N-dealkylation sites (tertiary alicyclic amines) is 1. The Morgan fingerprint density at radius 3 is 2.80 bits per heavy atom. The number of rotatable bonds is 8. The lowest BCUT2D eigenvalue weighted by atomic mass is 9.97. The van der Waals surface area contributed by atoms with Gasteiger partial charge in [-0.25, -0.2) is 0 Å². The van der Waals surface area contributed by atoms with E-state index in [1.54, 1.807) is 6.92 Å². The number of nitrogens with zero attached hydrogens (tertiary/aromatic N) is 1. The van der Waals surface area contributed by atoms with Gasteiger partial charge in [-0.05, 0) is 39.0 Å². The van der Waals surface area contributed by atoms with E-state index in [-0.39, 0.29) is 18.4 Å². The van der Waals surface area contributed by atoms with Crippen molar-refractivity contribution in [3.8, 4) is 0 Å². The minimum atomic E-state index is -0.796. The van der Waals surface area contributed by atoms with Crippen LogP contribution < -0.4 is 0 Å². The van der Waals surface area contributed by atoms with Crippen molar-refractivity contribution in [2.75, 3.05) is 13.2 Å². The van der Waals surface area contributed by atoms with Crippen LogP contribution in [-0.4, -0.2) is 47.2 Å². The van der Waals surface area contributed by atoms with Crippen molar-refractivity contribution in [2.45, 2.75) is 70.9 Å². The van der Waals surface area contributed by atoms with Crippen LogP contribution >= 0.6 is 0 Å². The summed E-state index contributed by atoms with van der Waals surface area (Å²) in [6.45, 7) is 5.21. The van der Waals surface area contributed by atoms with E-state index in [0.717, 1.165) is 38.6 Å². The summed E-state index contributed by atoms with van der Waals surface area (Å²) in [6.07, 6.45) is 5.22. The lowest BCUT2D eigenvalue weighted by Crippen LogP contribution is -2.48. The molecule has 1 heterocycles. The van der Waals surface area contributed by atoms with Crippen LogP contribution in [0.15, 0.2) is 0 Å². The topological polar surface area (TPSA) is 66.8 Å². The molecule has 20 heavy (non-hydrogen) atoms. The summed E-state index contributed by atoms with van der Waals surface area (Å²) in [6, 6.07) is 0.0598. The molecule has 5 heteroatoms. The zero-order valence-corrected chi connectivity index (χ0v) is 12.6. The van der Waals surface area contributed by atoms with Crippen LogP contribution in [0.25, 0.3) is 0 Å². The highest BCUT2D eigenvalue weighted by Crippen LogP contribution is 2.22. The number of hydrogen-bond donors (Lipinski definition) is 1. The van der Waals surface area contributed by atoms with E-state index in [2.05, 4.69) is 6.92 Å². The number of aliphatic carboxylic acids is 1. The first-order valence-electron chi connectivity index (χ1n) is 7.70. The SMILES string of the molecule is CCCCO[C@@H](C)C(=O)N1CCCC[C@H]1CCC(=O)O. The first kappa shape index (κ1) is 17.0. The molecular weight excluding hydrogens is 258 g/mol. The number of ether oxygens (including phenoxy) is 1. The molecule has 1 aliphatic rings. The van der Waals surface area contributed by atoms with Gasteiger partial charge in [0.1, 0.15) is 6.10 Å². The molecule has 0 aromatic rings. The van der Waals surface area contributed by atoms with Crippen molar-refractivity contribution in [3.05, 3.63) is 0 Å². The zero-order chi connectivity index (χ0) is 15.0. The van der Waals surface area contributed by atoms with Gasteiger partial charge in [-0.15, -0.1) is 0 Å². The molecule has 0 aromatic heterocycles. The predicted molar refractivity (Wildman–Crippen MR) is 76.5 cm³/mol. The minimum Gasteiger partial charge on any atom is -0.481 e. The fourth-order valence-electron chi connectivity index (χ4n) is 2.59. The van der Waals surface area contributed by atoms with Crippen molar-refractivity contribution in [1.29, 1.82) is 0 Å². The summed E-state index contributed by atoms with van der Waals surface area (Å²) in [5.74, 6) is -0.786. The summed E-state index contributed by atoms with van der Waals surface area (Å²) in [7, 11) is 0. The Kier molecular flexibility index (Phi) is 7.59. The molecular formula is C15H27NO4. The maximum Gasteiger partial charge on any atom is 0.303 e. The first-order valence-corrected chi connectivity index (χ1v) is 7.70. The molecule has 1 aliphatic heterocycles. The smallest absolute Gasteiger partial charge is 0.303 e. The highest BCUT2D eigenvalue weighted by Gasteiger charge is 2.30. The van der Waals surface area contributed by atoms with Crippen LogP contribution in [0.5, 0.6) is 0 Å². The molecule has 2 atom stereocenters. The number of amides is 1. The quantitative estimate of drug-likeness (QED) is 0.696. The molecule has 0 bridgehead atoms. The molecule has 0 spiro atoms. The molecule has 0 aromatic carbocycles. The Balaban J connectivity index is 2.50. The summed E-state index contributed by atoms with van der Waals surface area (Å²) >= 11 is 0. The highest BCUT2D eigenvalue weighted by molar-refractivity contribution is 5.81. The molecule has 1 N–H and O–H groups in total. The third kappa shape index (κ3) is 5.49. The van der Waals surface area contributed by atoms with E-state index in [0.29, 0.717) is 13.0 Å².